The minimum atomic E-state index is -0.881. The molecule has 4 rings (SSSR count). The van der Waals surface area contributed by atoms with Crippen LogP contribution in [0.25, 0.3) is 0 Å². The highest BCUT2D eigenvalue weighted by atomic mass is 35.5. The van der Waals surface area contributed by atoms with Gasteiger partial charge in [0, 0.05) is 22.7 Å². The van der Waals surface area contributed by atoms with E-state index < -0.39 is 17.4 Å². The molecule has 3 aliphatic rings. The smallest absolute Gasteiger partial charge is 0.321 e. The summed E-state index contributed by atoms with van der Waals surface area (Å²) in [6.45, 7) is 6.42. The third-order valence-electron chi connectivity index (χ3n) is 7.36. The molecule has 4 unspecified atom stereocenters. The molecule has 1 spiro atoms. The van der Waals surface area contributed by atoms with Crippen molar-refractivity contribution in [2.45, 2.75) is 83.2 Å². The maximum atomic E-state index is 13.7. The molecular formula is C24H33ClN2O3. The second kappa shape index (κ2) is 7.83. The Hall–Kier alpha value is -1.59. The first kappa shape index (κ1) is 21.6. The van der Waals surface area contributed by atoms with E-state index in [1.54, 1.807) is 6.07 Å². The molecule has 1 saturated carbocycles. The molecule has 6 heteroatoms. The standard InChI is InChI=1S/C24H33ClN2O3/c1-23(2,3)13-19-24(16-10-9-15(25)12-18(16)26-22(24)30)17(20(27-19)21(28)29)11-14-7-5-4-6-8-14/h9-10,12,14,17,19-20,27H,4-8,11,13H2,1-3H3,(H,26,30)(H,28,29). The van der Waals surface area contributed by atoms with E-state index in [1.807, 2.05) is 12.1 Å². The summed E-state index contributed by atoms with van der Waals surface area (Å²) in [6, 6.07) is 4.58. The molecule has 5 nitrogen and oxygen atoms in total. The van der Waals surface area contributed by atoms with Crippen LogP contribution in [0.2, 0.25) is 5.02 Å². The minimum absolute atomic E-state index is 0.0527. The summed E-state index contributed by atoms with van der Waals surface area (Å²) >= 11 is 6.22. The van der Waals surface area contributed by atoms with Crippen LogP contribution in [-0.2, 0) is 15.0 Å². The van der Waals surface area contributed by atoms with Gasteiger partial charge in [-0.2, -0.15) is 0 Å². The normalized spacial score (nSPS) is 31.7. The van der Waals surface area contributed by atoms with Crippen molar-refractivity contribution >= 4 is 29.2 Å². The molecule has 1 aliphatic carbocycles. The Kier molecular flexibility index (Phi) is 5.65. The van der Waals surface area contributed by atoms with Crippen LogP contribution in [0, 0.1) is 17.3 Å². The third-order valence-corrected chi connectivity index (χ3v) is 7.60. The molecule has 0 bridgehead atoms. The average Bonchev–Trinajstić information content (AvgIpc) is 3.11. The number of rotatable bonds is 4. The van der Waals surface area contributed by atoms with Gasteiger partial charge < -0.3 is 10.4 Å². The average molecular weight is 433 g/mol. The van der Waals surface area contributed by atoms with Crippen LogP contribution in [0.15, 0.2) is 18.2 Å². The second-order valence-electron chi connectivity index (χ2n) is 10.7. The van der Waals surface area contributed by atoms with Crippen molar-refractivity contribution < 1.29 is 14.7 Å². The van der Waals surface area contributed by atoms with Crippen molar-refractivity contribution in [1.29, 1.82) is 0 Å². The maximum absolute atomic E-state index is 13.7. The number of nitrogens with one attached hydrogen (secondary N) is 2. The van der Waals surface area contributed by atoms with Crippen LogP contribution in [0.1, 0.15) is 71.3 Å². The van der Waals surface area contributed by atoms with E-state index in [2.05, 4.69) is 31.4 Å². The summed E-state index contributed by atoms with van der Waals surface area (Å²) in [5.74, 6) is -0.748. The van der Waals surface area contributed by atoms with E-state index in [1.165, 1.54) is 19.3 Å². The number of halogens is 1. The summed E-state index contributed by atoms with van der Waals surface area (Å²) in [5, 5.41) is 17.2. The number of carboxylic acids is 1. The number of carbonyl (C=O) groups is 2. The second-order valence-corrected chi connectivity index (χ2v) is 11.1. The lowest BCUT2D eigenvalue weighted by Crippen LogP contribution is -2.50. The predicted molar refractivity (Wildman–Crippen MR) is 119 cm³/mol. The van der Waals surface area contributed by atoms with E-state index >= 15 is 0 Å². The van der Waals surface area contributed by atoms with Crippen molar-refractivity contribution in [3.8, 4) is 0 Å². The first-order chi connectivity index (χ1) is 14.1. The molecule has 1 aromatic carbocycles. The molecule has 1 saturated heterocycles. The Morgan fingerprint density at radius 3 is 2.57 bits per heavy atom. The van der Waals surface area contributed by atoms with Gasteiger partial charge in [0.05, 0.1) is 5.41 Å². The van der Waals surface area contributed by atoms with Crippen molar-refractivity contribution in [2.24, 2.45) is 17.3 Å². The van der Waals surface area contributed by atoms with Gasteiger partial charge in [0.15, 0.2) is 0 Å². The van der Waals surface area contributed by atoms with Gasteiger partial charge in [0.1, 0.15) is 6.04 Å². The highest BCUT2D eigenvalue weighted by Crippen LogP contribution is 2.55. The Balaban J connectivity index is 1.84. The van der Waals surface area contributed by atoms with Gasteiger partial charge in [0.2, 0.25) is 5.91 Å². The molecule has 1 aromatic rings. The summed E-state index contributed by atoms with van der Waals surface area (Å²) < 4.78 is 0. The fourth-order valence-electron chi connectivity index (χ4n) is 6.21. The highest BCUT2D eigenvalue weighted by molar-refractivity contribution is 6.31. The lowest BCUT2D eigenvalue weighted by Gasteiger charge is -2.39. The maximum Gasteiger partial charge on any atom is 0.321 e. The molecule has 0 radical (unpaired) electrons. The topological polar surface area (TPSA) is 78.4 Å². The highest BCUT2D eigenvalue weighted by Gasteiger charge is 2.65. The zero-order valence-electron chi connectivity index (χ0n) is 18.1. The molecule has 1 amide bonds. The van der Waals surface area contributed by atoms with Crippen LogP contribution in [0.5, 0.6) is 0 Å². The van der Waals surface area contributed by atoms with Crippen molar-refractivity contribution in [1.82, 2.24) is 5.32 Å². The molecule has 4 atom stereocenters. The minimum Gasteiger partial charge on any atom is -0.480 e. The predicted octanol–water partition coefficient (Wildman–Crippen LogP) is 4.98. The van der Waals surface area contributed by atoms with Crippen molar-refractivity contribution in [2.75, 3.05) is 5.32 Å². The number of hydrogen-bond donors (Lipinski definition) is 3. The van der Waals surface area contributed by atoms with Gasteiger partial charge in [-0.05, 0) is 41.9 Å². The van der Waals surface area contributed by atoms with Crippen LogP contribution >= 0.6 is 11.6 Å². The van der Waals surface area contributed by atoms with E-state index in [0.29, 0.717) is 17.4 Å². The molecular weight excluding hydrogens is 400 g/mol. The van der Waals surface area contributed by atoms with Gasteiger partial charge in [-0.15, -0.1) is 0 Å². The van der Waals surface area contributed by atoms with Crippen LogP contribution in [-0.4, -0.2) is 29.1 Å². The van der Waals surface area contributed by atoms with Gasteiger partial charge >= 0.3 is 5.97 Å². The van der Waals surface area contributed by atoms with E-state index in [0.717, 1.165) is 30.5 Å². The van der Waals surface area contributed by atoms with Crippen LogP contribution < -0.4 is 10.6 Å². The Morgan fingerprint density at radius 2 is 1.93 bits per heavy atom. The van der Waals surface area contributed by atoms with Gasteiger partial charge in [-0.25, -0.2) is 0 Å². The van der Waals surface area contributed by atoms with Gasteiger partial charge in [-0.3, -0.25) is 14.9 Å². The van der Waals surface area contributed by atoms with E-state index in [9.17, 15) is 14.7 Å². The number of carboxylic acid groups (broad SMARTS) is 1. The fourth-order valence-corrected chi connectivity index (χ4v) is 6.38. The monoisotopic (exact) mass is 432 g/mol. The Morgan fingerprint density at radius 1 is 1.23 bits per heavy atom. The van der Waals surface area contributed by atoms with E-state index in [4.69, 9.17) is 11.6 Å². The van der Waals surface area contributed by atoms with Gasteiger partial charge in [0.25, 0.3) is 0 Å². The SMILES string of the molecule is CC(C)(C)CC1NC(C(=O)O)C(CC2CCCCC2)C12C(=O)Nc1cc(Cl)ccc12. The molecule has 2 heterocycles. The molecule has 164 valence electrons. The number of carbonyl (C=O) groups excluding carboxylic acids is 1. The number of fused-ring (bicyclic) bond motifs is 2. The quantitative estimate of drug-likeness (QED) is 0.627. The Labute approximate surface area is 184 Å². The van der Waals surface area contributed by atoms with Crippen molar-refractivity contribution in [3.63, 3.8) is 0 Å². The first-order valence-corrected chi connectivity index (χ1v) is 11.6. The molecule has 2 fully saturated rings. The summed E-state index contributed by atoms with van der Waals surface area (Å²) in [4.78, 5) is 26.1. The zero-order chi connectivity index (χ0) is 21.7. The van der Waals surface area contributed by atoms with Crippen LogP contribution in [0.4, 0.5) is 5.69 Å². The molecule has 2 aliphatic heterocycles. The van der Waals surface area contributed by atoms with Crippen LogP contribution in [0.3, 0.4) is 0 Å². The number of amides is 1. The number of benzene rings is 1. The lowest BCUT2D eigenvalue weighted by atomic mass is 9.62. The third kappa shape index (κ3) is 3.64. The van der Waals surface area contributed by atoms with E-state index in [-0.39, 0.29) is 23.3 Å². The largest absolute Gasteiger partial charge is 0.480 e. The molecule has 0 aromatic heterocycles. The Bertz CT molecular complexity index is 843. The molecule has 30 heavy (non-hydrogen) atoms. The van der Waals surface area contributed by atoms with Gasteiger partial charge in [-0.1, -0.05) is 70.5 Å². The summed E-state index contributed by atoms with van der Waals surface area (Å²) in [7, 11) is 0. The lowest BCUT2D eigenvalue weighted by molar-refractivity contribution is -0.140. The summed E-state index contributed by atoms with van der Waals surface area (Å²) in [5.41, 5.74) is 0.701. The first-order valence-electron chi connectivity index (χ1n) is 11.2. The zero-order valence-corrected chi connectivity index (χ0v) is 18.9. The fraction of sp³-hybridized carbons (Fsp3) is 0.667. The summed E-state index contributed by atoms with van der Waals surface area (Å²) in [6.07, 6.45) is 7.36. The van der Waals surface area contributed by atoms with Crippen molar-refractivity contribution in [3.05, 3.63) is 28.8 Å². The number of hydrogen-bond acceptors (Lipinski definition) is 3. The molecule has 3 N–H and O–H groups in total. The number of anilines is 1. The number of aliphatic carboxylic acids is 1.